The highest BCUT2D eigenvalue weighted by Gasteiger charge is 2.62. The fourth-order valence-corrected chi connectivity index (χ4v) is 8.65. The monoisotopic (exact) mass is 682 g/mol. The number of phenolic OH excluding ortho intramolecular Hbond substituents is 1. The van der Waals surface area contributed by atoms with E-state index in [2.05, 4.69) is 15.9 Å². The number of benzene rings is 3. The molecule has 4 amide bonds. The second-order valence-electron chi connectivity index (χ2n) is 12.6. The highest BCUT2D eigenvalue weighted by molar-refractivity contribution is 9.10. The lowest BCUT2D eigenvalue weighted by Crippen LogP contribution is -2.43. The quantitative estimate of drug-likeness (QED) is 0.241. The summed E-state index contributed by atoms with van der Waals surface area (Å²) >= 11 is 3.53. The van der Waals surface area contributed by atoms with Gasteiger partial charge in [-0.15, -0.1) is 0 Å². The van der Waals surface area contributed by atoms with Gasteiger partial charge < -0.3 is 9.84 Å². The normalized spacial score (nSPS) is 27.0. The van der Waals surface area contributed by atoms with Gasteiger partial charge in [-0.05, 0) is 79.1 Å². The van der Waals surface area contributed by atoms with Crippen LogP contribution in [0.3, 0.4) is 0 Å². The number of ether oxygens (including phenoxy) is 1. The molecule has 46 heavy (non-hydrogen) atoms. The van der Waals surface area contributed by atoms with Gasteiger partial charge in [-0.3, -0.25) is 29.0 Å². The second-order valence-corrected chi connectivity index (χ2v) is 13.5. The molecule has 6 atom stereocenters. The third-order valence-corrected chi connectivity index (χ3v) is 10.9. The van der Waals surface area contributed by atoms with Gasteiger partial charge >= 0.3 is 0 Å². The van der Waals surface area contributed by atoms with Gasteiger partial charge in [0.2, 0.25) is 23.6 Å². The summed E-state index contributed by atoms with van der Waals surface area (Å²) in [5.41, 5.74) is 4.49. The van der Waals surface area contributed by atoms with Crippen LogP contribution in [0.2, 0.25) is 0 Å². The molecule has 9 heteroatoms. The Hall–Kier alpha value is -4.24. The van der Waals surface area contributed by atoms with Crippen LogP contribution in [0.25, 0.3) is 0 Å². The first-order valence-corrected chi connectivity index (χ1v) is 16.7. The van der Waals surface area contributed by atoms with Gasteiger partial charge in [-0.1, -0.05) is 65.7 Å². The number of anilines is 2. The number of hydrogen-bond donors (Lipinski definition) is 1. The van der Waals surface area contributed by atoms with E-state index in [-0.39, 0.29) is 41.5 Å². The van der Waals surface area contributed by atoms with E-state index in [4.69, 9.17) is 4.74 Å². The van der Waals surface area contributed by atoms with Crippen molar-refractivity contribution in [2.75, 3.05) is 16.9 Å². The van der Waals surface area contributed by atoms with E-state index < -0.39 is 35.5 Å². The lowest BCUT2D eigenvalue weighted by Gasteiger charge is -2.44. The number of rotatable bonds is 6. The maximum absolute atomic E-state index is 14.4. The van der Waals surface area contributed by atoms with Gasteiger partial charge in [0.25, 0.3) is 0 Å². The number of allylic oxidation sites excluding steroid dienone is 2. The van der Waals surface area contributed by atoms with E-state index >= 15 is 0 Å². The molecule has 2 heterocycles. The summed E-state index contributed by atoms with van der Waals surface area (Å²) < 4.78 is 6.12. The van der Waals surface area contributed by atoms with E-state index in [1.807, 2.05) is 56.3 Å². The lowest BCUT2D eigenvalue weighted by molar-refractivity contribution is -0.126. The van der Waals surface area contributed by atoms with E-state index in [9.17, 15) is 24.3 Å². The van der Waals surface area contributed by atoms with Crippen molar-refractivity contribution in [2.45, 2.75) is 45.4 Å². The number of amides is 4. The Balaban J connectivity index is 1.34. The van der Waals surface area contributed by atoms with Gasteiger partial charge in [-0.2, -0.15) is 0 Å². The lowest BCUT2D eigenvalue weighted by atomic mass is 9.57. The van der Waals surface area contributed by atoms with E-state index in [0.29, 0.717) is 27.8 Å². The summed E-state index contributed by atoms with van der Waals surface area (Å²) in [6.45, 7) is 4.09. The van der Waals surface area contributed by atoms with Crippen LogP contribution in [0.5, 0.6) is 11.5 Å². The van der Waals surface area contributed by atoms with Crippen LogP contribution in [-0.2, 0) is 32.0 Å². The van der Waals surface area contributed by atoms with E-state index in [1.54, 1.807) is 24.3 Å². The van der Waals surface area contributed by atoms with Crippen LogP contribution in [0.1, 0.15) is 49.3 Å². The predicted octanol–water partition coefficient (Wildman–Crippen LogP) is 6.33. The SMILES string of the molecule is CCc1ccc(N2C(=O)C3CC=C4C(CC5C(=O)N(c6ccc(CC)cc6)C(=O)C5C4c4cc(Br)cc(OC)c4O)C3C2=O)cc1. The minimum absolute atomic E-state index is 0.115. The van der Waals surface area contributed by atoms with Crippen LogP contribution in [0.4, 0.5) is 11.4 Å². The van der Waals surface area contributed by atoms with Gasteiger partial charge in [0.05, 0.1) is 42.2 Å². The largest absolute Gasteiger partial charge is 0.504 e. The molecule has 3 aromatic carbocycles. The highest BCUT2D eigenvalue weighted by Crippen LogP contribution is 2.60. The molecule has 0 spiro atoms. The summed E-state index contributed by atoms with van der Waals surface area (Å²) in [6.07, 6.45) is 4.23. The second kappa shape index (κ2) is 11.5. The molecule has 2 aliphatic carbocycles. The molecule has 6 unspecified atom stereocenters. The number of imide groups is 2. The standard InChI is InChI=1S/C37H35BrN2O6/c1-4-19-6-10-22(11-7-19)39-34(42)25-15-14-24-26(31(25)36(39)44)18-28-32(30(24)27-16-21(38)17-29(46-3)33(27)41)37(45)40(35(28)43)23-12-8-20(5-2)9-13-23/h6-14,16-17,25-26,28,30-32,41H,4-5,15,18H2,1-3H3. The van der Waals surface area contributed by atoms with Crippen LogP contribution in [0.15, 0.2) is 76.8 Å². The summed E-state index contributed by atoms with van der Waals surface area (Å²) in [5, 5.41) is 11.5. The number of methoxy groups -OCH3 is 1. The van der Waals surface area contributed by atoms with Crippen molar-refractivity contribution in [3.8, 4) is 11.5 Å². The van der Waals surface area contributed by atoms with Crippen molar-refractivity contribution < 1.29 is 29.0 Å². The summed E-state index contributed by atoms with van der Waals surface area (Å²) in [4.78, 5) is 59.3. The Morgan fingerprint density at radius 2 is 1.30 bits per heavy atom. The van der Waals surface area contributed by atoms with Crippen molar-refractivity contribution in [2.24, 2.45) is 29.6 Å². The Kier molecular flexibility index (Phi) is 7.62. The average Bonchev–Trinajstić information content (AvgIpc) is 3.48. The molecule has 7 rings (SSSR count). The Bertz CT molecular complexity index is 1800. The zero-order chi connectivity index (χ0) is 32.4. The summed E-state index contributed by atoms with van der Waals surface area (Å²) in [5.74, 6) is -5.03. The van der Waals surface area contributed by atoms with Crippen LogP contribution < -0.4 is 14.5 Å². The average molecular weight is 684 g/mol. The first-order valence-electron chi connectivity index (χ1n) is 15.9. The van der Waals surface area contributed by atoms with Gasteiger partial charge in [0, 0.05) is 16.0 Å². The number of halogens is 1. The Morgan fingerprint density at radius 1 is 0.761 bits per heavy atom. The fourth-order valence-electron chi connectivity index (χ4n) is 8.19. The van der Waals surface area contributed by atoms with Crippen LogP contribution in [0, 0.1) is 29.6 Å². The Morgan fingerprint density at radius 3 is 1.85 bits per heavy atom. The minimum Gasteiger partial charge on any atom is -0.504 e. The van der Waals surface area contributed by atoms with Crippen LogP contribution in [-0.4, -0.2) is 35.8 Å². The zero-order valence-electron chi connectivity index (χ0n) is 25.9. The predicted molar refractivity (Wildman–Crippen MR) is 176 cm³/mol. The smallest absolute Gasteiger partial charge is 0.238 e. The molecule has 4 aliphatic rings. The molecule has 0 radical (unpaired) electrons. The van der Waals surface area contributed by atoms with Gasteiger partial charge in [0.1, 0.15) is 0 Å². The molecular formula is C37H35BrN2O6. The molecule has 8 nitrogen and oxygen atoms in total. The first kappa shape index (κ1) is 30.4. The number of hydrogen-bond acceptors (Lipinski definition) is 6. The molecular weight excluding hydrogens is 648 g/mol. The fraction of sp³-hybridized carbons (Fsp3) is 0.351. The molecule has 1 saturated carbocycles. The highest BCUT2D eigenvalue weighted by atomic mass is 79.9. The Labute approximate surface area is 276 Å². The van der Waals surface area contributed by atoms with E-state index in [0.717, 1.165) is 29.5 Å². The molecule has 1 N–H and O–H groups in total. The topological polar surface area (TPSA) is 104 Å². The molecule has 0 aromatic heterocycles. The van der Waals surface area contributed by atoms with Crippen molar-refractivity contribution in [3.63, 3.8) is 0 Å². The molecule has 3 aromatic rings. The maximum Gasteiger partial charge on any atom is 0.238 e. The summed E-state index contributed by atoms with van der Waals surface area (Å²) in [6, 6.07) is 18.3. The van der Waals surface area contributed by atoms with Crippen molar-refractivity contribution >= 4 is 50.9 Å². The molecule has 236 valence electrons. The maximum atomic E-state index is 14.4. The molecule has 2 aliphatic heterocycles. The number of nitrogens with zero attached hydrogens (tertiary/aromatic N) is 2. The summed E-state index contributed by atoms with van der Waals surface area (Å²) in [7, 11) is 1.46. The van der Waals surface area contributed by atoms with E-state index in [1.165, 1.54) is 16.9 Å². The minimum atomic E-state index is -0.799. The van der Waals surface area contributed by atoms with Crippen LogP contribution >= 0.6 is 15.9 Å². The van der Waals surface area contributed by atoms with Crippen molar-refractivity contribution in [3.05, 3.63) is 93.5 Å². The third kappa shape index (κ3) is 4.54. The number of fused-ring (bicyclic) bond motifs is 4. The molecule has 2 saturated heterocycles. The van der Waals surface area contributed by atoms with Crippen molar-refractivity contribution in [1.29, 1.82) is 0 Å². The number of carbonyl (C=O) groups excluding carboxylic acids is 4. The van der Waals surface area contributed by atoms with Crippen molar-refractivity contribution in [1.82, 2.24) is 0 Å². The van der Waals surface area contributed by atoms with Gasteiger partial charge in [-0.25, -0.2) is 0 Å². The van der Waals surface area contributed by atoms with Gasteiger partial charge in [0.15, 0.2) is 11.5 Å². The zero-order valence-corrected chi connectivity index (χ0v) is 27.5. The first-order chi connectivity index (χ1) is 22.2. The number of aryl methyl sites for hydroxylation is 2. The third-order valence-electron chi connectivity index (χ3n) is 10.5. The number of aromatic hydroxyl groups is 1. The molecule has 0 bridgehead atoms. The number of phenols is 1. The number of carbonyl (C=O) groups is 4. The molecule has 3 fully saturated rings.